The molecular weight excluding hydrogens is 260 g/mol. The Balaban J connectivity index is 2.24. The van der Waals surface area contributed by atoms with Crippen LogP contribution in [0.5, 0.6) is 5.75 Å². The van der Waals surface area contributed by atoms with E-state index in [1.165, 1.54) is 5.57 Å². The van der Waals surface area contributed by atoms with Gasteiger partial charge in [0.1, 0.15) is 0 Å². The van der Waals surface area contributed by atoms with E-state index in [1.54, 1.807) is 0 Å². The fourth-order valence-corrected chi connectivity index (χ4v) is 2.28. The lowest BCUT2D eigenvalue weighted by Gasteiger charge is -2.19. The topological polar surface area (TPSA) is 9.23 Å². The Kier molecular flexibility index (Phi) is 3.83. The standard InChI is InChI=1S/C14H14F4O/c1-2-3-9-4-5-10-8-13(19-14(16,17)18)12(15)7-11(10)6-9/h4,7-8H,2-3,5-6H2,1H3. The lowest BCUT2D eigenvalue weighted by Crippen LogP contribution is -2.18. The van der Waals surface area contributed by atoms with Crippen molar-refractivity contribution < 1.29 is 22.3 Å². The highest BCUT2D eigenvalue weighted by Gasteiger charge is 2.32. The highest BCUT2D eigenvalue weighted by Crippen LogP contribution is 2.32. The van der Waals surface area contributed by atoms with Crippen LogP contribution in [0.2, 0.25) is 0 Å². The van der Waals surface area contributed by atoms with Gasteiger partial charge in [0.05, 0.1) is 0 Å². The molecule has 0 saturated carbocycles. The Morgan fingerprint density at radius 1 is 1.21 bits per heavy atom. The normalized spacial score (nSPS) is 14.9. The molecule has 0 unspecified atom stereocenters. The molecule has 1 nitrogen and oxygen atoms in total. The summed E-state index contributed by atoms with van der Waals surface area (Å²) >= 11 is 0. The van der Waals surface area contributed by atoms with Gasteiger partial charge in [-0.1, -0.05) is 25.0 Å². The maximum absolute atomic E-state index is 13.6. The van der Waals surface area contributed by atoms with Crippen LogP contribution in [0, 0.1) is 5.82 Å². The van der Waals surface area contributed by atoms with Crippen molar-refractivity contribution in [3.05, 3.63) is 40.7 Å². The molecule has 0 aromatic heterocycles. The zero-order chi connectivity index (χ0) is 14.0. The number of alkyl halides is 3. The van der Waals surface area contributed by atoms with E-state index < -0.39 is 17.9 Å². The van der Waals surface area contributed by atoms with Crippen LogP contribution in [-0.4, -0.2) is 6.36 Å². The van der Waals surface area contributed by atoms with Gasteiger partial charge in [-0.25, -0.2) is 4.39 Å². The molecule has 104 valence electrons. The van der Waals surface area contributed by atoms with Crippen LogP contribution in [0.15, 0.2) is 23.8 Å². The third-order valence-electron chi connectivity index (χ3n) is 3.08. The number of ether oxygens (including phenoxy) is 1. The first-order valence-corrected chi connectivity index (χ1v) is 6.14. The molecule has 1 aromatic rings. The molecular formula is C14H14F4O. The highest BCUT2D eigenvalue weighted by molar-refractivity contribution is 5.43. The fraction of sp³-hybridized carbons (Fsp3) is 0.429. The van der Waals surface area contributed by atoms with Crippen molar-refractivity contribution in [1.82, 2.24) is 0 Å². The van der Waals surface area contributed by atoms with Crippen molar-refractivity contribution in [2.45, 2.75) is 39.0 Å². The molecule has 1 aliphatic rings. The van der Waals surface area contributed by atoms with Crippen molar-refractivity contribution in [3.63, 3.8) is 0 Å². The molecule has 1 aliphatic carbocycles. The molecule has 19 heavy (non-hydrogen) atoms. The minimum Gasteiger partial charge on any atom is -0.403 e. The van der Waals surface area contributed by atoms with Crippen LogP contribution in [-0.2, 0) is 12.8 Å². The first-order valence-electron chi connectivity index (χ1n) is 6.14. The molecule has 0 aliphatic heterocycles. The summed E-state index contributed by atoms with van der Waals surface area (Å²) in [4.78, 5) is 0. The maximum Gasteiger partial charge on any atom is 0.573 e. The van der Waals surface area contributed by atoms with E-state index in [0.717, 1.165) is 30.5 Å². The number of fused-ring (bicyclic) bond motifs is 1. The first-order chi connectivity index (χ1) is 8.89. The largest absolute Gasteiger partial charge is 0.573 e. The SMILES string of the molecule is CCCC1=CCc2cc(OC(F)(F)F)c(F)cc2C1. The molecule has 0 spiro atoms. The van der Waals surface area contributed by atoms with Gasteiger partial charge in [-0.2, -0.15) is 0 Å². The second kappa shape index (κ2) is 5.23. The number of hydrogen-bond donors (Lipinski definition) is 0. The van der Waals surface area contributed by atoms with E-state index in [-0.39, 0.29) is 0 Å². The predicted molar refractivity (Wildman–Crippen MR) is 63.5 cm³/mol. The minimum absolute atomic E-state index is 0.527. The van der Waals surface area contributed by atoms with Crippen molar-refractivity contribution in [3.8, 4) is 5.75 Å². The number of rotatable bonds is 3. The van der Waals surface area contributed by atoms with Crippen LogP contribution in [0.3, 0.4) is 0 Å². The Morgan fingerprint density at radius 2 is 1.95 bits per heavy atom. The molecule has 0 heterocycles. The second-order valence-corrected chi connectivity index (χ2v) is 4.59. The summed E-state index contributed by atoms with van der Waals surface area (Å²) in [7, 11) is 0. The van der Waals surface area contributed by atoms with Gasteiger partial charge < -0.3 is 4.74 Å². The summed E-state index contributed by atoms with van der Waals surface area (Å²) in [5, 5.41) is 0. The zero-order valence-electron chi connectivity index (χ0n) is 10.5. The van der Waals surface area contributed by atoms with Gasteiger partial charge in [-0.3, -0.25) is 0 Å². The van der Waals surface area contributed by atoms with E-state index in [2.05, 4.69) is 11.7 Å². The number of allylic oxidation sites excluding steroid dienone is 2. The van der Waals surface area contributed by atoms with Gasteiger partial charge in [-0.15, -0.1) is 13.2 Å². The summed E-state index contributed by atoms with van der Waals surface area (Å²) in [5.41, 5.74) is 2.65. The summed E-state index contributed by atoms with van der Waals surface area (Å²) in [6, 6.07) is 2.30. The Morgan fingerprint density at radius 3 is 2.58 bits per heavy atom. The smallest absolute Gasteiger partial charge is 0.403 e. The number of hydrogen-bond acceptors (Lipinski definition) is 1. The van der Waals surface area contributed by atoms with E-state index in [4.69, 9.17) is 0 Å². The summed E-state index contributed by atoms with van der Waals surface area (Å²) in [6.07, 6.45) is 0.195. The van der Waals surface area contributed by atoms with Crippen molar-refractivity contribution >= 4 is 0 Å². The third kappa shape index (κ3) is 3.49. The average Bonchev–Trinajstić information content (AvgIpc) is 2.29. The van der Waals surface area contributed by atoms with E-state index in [9.17, 15) is 17.6 Å². The lowest BCUT2D eigenvalue weighted by molar-refractivity contribution is -0.275. The van der Waals surface area contributed by atoms with Crippen molar-refractivity contribution in [2.75, 3.05) is 0 Å². The van der Waals surface area contributed by atoms with E-state index in [1.807, 2.05) is 6.08 Å². The van der Waals surface area contributed by atoms with Crippen molar-refractivity contribution in [2.24, 2.45) is 0 Å². The van der Waals surface area contributed by atoms with Gasteiger partial charge in [-0.05, 0) is 42.5 Å². The molecule has 0 radical (unpaired) electrons. The van der Waals surface area contributed by atoms with Gasteiger partial charge in [0.2, 0.25) is 0 Å². The van der Waals surface area contributed by atoms with Gasteiger partial charge in [0.25, 0.3) is 0 Å². The monoisotopic (exact) mass is 274 g/mol. The Hall–Kier alpha value is -1.52. The molecule has 0 bridgehead atoms. The number of halogens is 4. The molecule has 0 atom stereocenters. The van der Waals surface area contributed by atoms with Crippen LogP contribution in [0.25, 0.3) is 0 Å². The first kappa shape index (κ1) is 13.9. The summed E-state index contributed by atoms with van der Waals surface area (Å²) < 4.78 is 53.6. The highest BCUT2D eigenvalue weighted by atomic mass is 19.4. The second-order valence-electron chi connectivity index (χ2n) is 4.59. The third-order valence-corrected chi connectivity index (χ3v) is 3.08. The van der Waals surface area contributed by atoms with E-state index >= 15 is 0 Å². The van der Waals surface area contributed by atoms with Crippen LogP contribution >= 0.6 is 0 Å². The molecule has 0 saturated heterocycles. The van der Waals surface area contributed by atoms with Crippen LogP contribution in [0.1, 0.15) is 30.9 Å². The molecule has 0 fully saturated rings. The fourth-order valence-electron chi connectivity index (χ4n) is 2.28. The summed E-state index contributed by atoms with van der Waals surface area (Å²) in [5.74, 6) is -1.72. The molecule has 0 N–H and O–H groups in total. The molecule has 5 heteroatoms. The maximum atomic E-state index is 13.6. The Labute approximate surface area is 108 Å². The van der Waals surface area contributed by atoms with Crippen LogP contribution in [0.4, 0.5) is 17.6 Å². The van der Waals surface area contributed by atoms with Gasteiger partial charge in [0.15, 0.2) is 11.6 Å². The molecule has 0 amide bonds. The quantitative estimate of drug-likeness (QED) is 0.580. The molecule has 2 rings (SSSR count). The van der Waals surface area contributed by atoms with Gasteiger partial charge in [0, 0.05) is 0 Å². The summed E-state index contributed by atoms with van der Waals surface area (Å²) in [6.45, 7) is 2.05. The lowest BCUT2D eigenvalue weighted by atomic mass is 9.89. The van der Waals surface area contributed by atoms with Crippen LogP contribution < -0.4 is 4.74 Å². The van der Waals surface area contributed by atoms with Crippen molar-refractivity contribution in [1.29, 1.82) is 0 Å². The molecule has 1 aromatic carbocycles. The minimum atomic E-state index is -4.87. The zero-order valence-corrected chi connectivity index (χ0v) is 10.5. The predicted octanol–water partition coefficient (Wildman–Crippen LogP) is 4.55. The average molecular weight is 274 g/mol. The number of benzene rings is 1. The van der Waals surface area contributed by atoms with E-state index in [0.29, 0.717) is 18.4 Å². The Bertz CT molecular complexity index is 503. The van der Waals surface area contributed by atoms with Gasteiger partial charge >= 0.3 is 6.36 Å².